The minimum Gasteiger partial charge on any atom is -0.484 e. The second-order valence-corrected chi connectivity index (χ2v) is 4.56. The Bertz CT molecular complexity index is 550. The zero-order valence-corrected chi connectivity index (χ0v) is 11.4. The van der Waals surface area contributed by atoms with E-state index in [1.54, 1.807) is 0 Å². The summed E-state index contributed by atoms with van der Waals surface area (Å²) in [6, 6.07) is 16.7. The molecule has 0 aliphatic heterocycles. The number of carbonyl (C=O) groups excluding carboxylic acids is 1. The highest BCUT2D eigenvalue weighted by atomic mass is 16.5. The highest BCUT2D eigenvalue weighted by Gasteiger charge is 2.04. The van der Waals surface area contributed by atoms with Gasteiger partial charge in [0.25, 0.3) is 5.91 Å². The summed E-state index contributed by atoms with van der Waals surface area (Å²) in [5.41, 5.74) is 7.53. The molecule has 0 bridgehead atoms. The van der Waals surface area contributed by atoms with E-state index in [1.807, 2.05) is 61.5 Å². The Morgan fingerprint density at radius 3 is 2.40 bits per heavy atom. The fourth-order valence-electron chi connectivity index (χ4n) is 1.73. The van der Waals surface area contributed by atoms with Crippen LogP contribution in [0.25, 0.3) is 0 Å². The van der Waals surface area contributed by atoms with Gasteiger partial charge in [-0.3, -0.25) is 4.79 Å². The number of hydrogen-bond donors (Lipinski definition) is 2. The van der Waals surface area contributed by atoms with Crippen LogP contribution in [0.3, 0.4) is 0 Å². The quantitative estimate of drug-likeness (QED) is 0.878. The molecule has 4 nitrogen and oxygen atoms in total. The van der Waals surface area contributed by atoms with Gasteiger partial charge in [-0.05, 0) is 36.8 Å². The smallest absolute Gasteiger partial charge is 0.262 e. The lowest BCUT2D eigenvalue weighted by Crippen LogP contribution is -2.20. The topological polar surface area (TPSA) is 64.3 Å². The summed E-state index contributed by atoms with van der Waals surface area (Å²) >= 11 is 0. The summed E-state index contributed by atoms with van der Waals surface area (Å²) in [4.78, 5) is 11.7. The second-order valence-electron chi connectivity index (χ2n) is 4.56. The first-order valence-corrected chi connectivity index (χ1v) is 6.48. The van der Waals surface area contributed by atoms with Gasteiger partial charge in [0.2, 0.25) is 0 Å². The number of para-hydroxylation sites is 1. The molecule has 0 aromatic heterocycles. The van der Waals surface area contributed by atoms with Gasteiger partial charge in [-0.15, -0.1) is 0 Å². The molecule has 0 aliphatic rings. The van der Waals surface area contributed by atoms with Crippen molar-refractivity contribution in [1.29, 1.82) is 0 Å². The van der Waals surface area contributed by atoms with Crippen molar-refractivity contribution in [3.63, 3.8) is 0 Å². The van der Waals surface area contributed by atoms with Gasteiger partial charge < -0.3 is 15.8 Å². The van der Waals surface area contributed by atoms with Crippen molar-refractivity contribution in [2.75, 3.05) is 11.9 Å². The molecule has 20 heavy (non-hydrogen) atoms. The molecule has 0 spiro atoms. The molecule has 1 unspecified atom stereocenters. The highest BCUT2D eigenvalue weighted by molar-refractivity contribution is 5.91. The minimum atomic E-state index is -0.192. The highest BCUT2D eigenvalue weighted by Crippen LogP contribution is 2.14. The first-order valence-electron chi connectivity index (χ1n) is 6.48. The third kappa shape index (κ3) is 4.10. The van der Waals surface area contributed by atoms with Gasteiger partial charge in [0.1, 0.15) is 5.75 Å². The van der Waals surface area contributed by atoms with Crippen LogP contribution < -0.4 is 15.8 Å². The van der Waals surface area contributed by atoms with Crippen molar-refractivity contribution in [2.24, 2.45) is 5.73 Å². The van der Waals surface area contributed by atoms with Gasteiger partial charge >= 0.3 is 0 Å². The number of carbonyl (C=O) groups is 1. The Morgan fingerprint density at radius 1 is 1.15 bits per heavy atom. The zero-order chi connectivity index (χ0) is 14.4. The molecule has 2 rings (SSSR count). The summed E-state index contributed by atoms with van der Waals surface area (Å²) in [5, 5.41) is 2.77. The standard InChI is InChI=1S/C16H18N2O2/c1-12(17)13-7-9-14(10-8-13)18-16(19)11-20-15-5-3-2-4-6-15/h2-10,12H,11,17H2,1H3,(H,18,19). The first kappa shape index (κ1) is 14.1. The fraction of sp³-hybridized carbons (Fsp3) is 0.188. The SMILES string of the molecule is CC(N)c1ccc(NC(=O)COc2ccccc2)cc1. The van der Waals surface area contributed by atoms with E-state index in [0.717, 1.165) is 11.3 Å². The molecule has 1 atom stereocenters. The van der Waals surface area contributed by atoms with Crippen molar-refractivity contribution in [1.82, 2.24) is 0 Å². The second kappa shape index (κ2) is 6.73. The molecular formula is C16H18N2O2. The van der Waals surface area contributed by atoms with Gasteiger partial charge in [0.15, 0.2) is 6.61 Å². The van der Waals surface area contributed by atoms with E-state index in [0.29, 0.717) is 5.75 Å². The lowest BCUT2D eigenvalue weighted by Gasteiger charge is -2.09. The molecule has 104 valence electrons. The Morgan fingerprint density at radius 2 is 1.80 bits per heavy atom. The van der Waals surface area contributed by atoms with Crippen molar-refractivity contribution >= 4 is 11.6 Å². The molecular weight excluding hydrogens is 252 g/mol. The van der Waals surface area contributed by atoms with Gasteiger partial charge in [-0.1, -0.05) is 30.3 Å². The molecule has 0 aliphatic carbocycles. The Hall–Kier alpha value is -2.33. The van der Waals surface area contributed by atoms with Crippen LogP contribution in [0.4, 0.5) is 5.69 Å². The van der Waals surface area contributed by atoms with E-state index in [-0.39, 0.29) is 18.6 Å². The zero-order valence-electron chi connectivity index (χ0n) is 11.4. The van der Waals surface area contributed by atoms with Crippen LogP contribution >= 0.6 is 0 Å². The van der Waals surface area contributed by atoms with Gasteiger partial charge in [-0.25, -0.2) is 0 Å². The van der Waals surface area contributed by atoms with Crippen molar-refractivity contribution < 1.29 is 9.53 Å². The van der Waals surface area contributed by atoms with Crippen LogP contribution in [0, 0.1) is 0 Å². The number of rotatable bonds is 5. The Labute approximate surface area is 118 Å². The summed E-state index contributed by atoms with van der Waals surface area (Å²) in [7, 11) is 0. The monoisotopic (exact) mass is 270 g/mol. The fourth-order valence-corrected chi connectivity index (χ4v) is 1.73. The van der Waals surface area contributed by atoms with E-state index >= 15 is 0 Å². The van der Waals surface area contributed by atoms with E-state index < -0.39 is 0 Å². The normalized spacial score (nSPS) is 11.7. The summed E-state index contributed by atoms with van der Waals surface area (Å²) in [5.74, 6) is 0.484. The molecule has 0 radical (unpaired) electrons. The molecule has 1 amide bonds. The van der Waals surface area contributed by atoms with Gasteiger partial charge in [-0.2, -0.15) is 0 Å². The maximum Gasteiger partial charge on any atom is 0.262 e. The number of nitrogens with two attached hydrogens (primary N) is 1. The van der Waals surface area contributed by atoms with Gasteiger partial charge in [0, 0.05) is 11.7 Å². The number of ether oxygens (including phenoxy) is 1. The van der Waals surface area contributed by atoms with Crippen molar-refractivity contribution in [3.05, 3.63) is 60.2 Å². The number of anilines is 1. The average Bonchev–Trinajstić information content (AvgIpc) is 2.47. The van der Waals surface area contributed by atoms with Crippen LogP contribution in [-0.2, 0) is 4.79 Å². The minimum absolute atomic E-state index is 0.0128. The molecule has 0 heterocycles. The first-order chi connectivity index (χ1) is 9.65. The van der Waals surface area contributed by atoms with Crippen molar-refractivity contribution in [2.45, 2.75) is 13.0 Å². The number of amides is 1. The number of nitrogens with one attached hydrogen (secondary N) is 1. The molecule has 2 aromatic carbocycles. The van der Waals surface area contributed by atoms with E-state index in [1.165, 1.54) is 0 Å². The lowest BCUT2D eigenvalue weighted by atomic mass is 10.1. The van der Waals surface area contributed by atoms with E-state index in [9.17, 15) is 4.79 Å². The lowest BCUT2D eigenvalue weighted by molar-refractivity contribution is -0.118. The number of benzene rings is 2. The molecule has 0 saturated carbocycles. The molecule has 0 saturated heterocycles. The predicted octanol–water partition coefficient (Wildman–Crippen LogP) is 2.72. The summed E-state index contributed by atoms with van der Waals surface area (Å²) in [6.07, 6.45) is 0. The van der Waals surface area contributed by atoms with Gasteiger partial charge in [0.05, 0.1) is 0 Å². The maximum atomic E-state index is 11.7. The number of hydrogen-bond acceptors (Lipinski definition) is 3. The molecule has 0 fully saturated rings. The van der Waals surface area contributed by atoms with Crippen LogP contribution in [-0.4, -0.2) is 12.5 Å². The maximum absolute atomic E-state index is 11.7. The van der Waals surface area contributed by atoms with Crippen LogP contribution in [0.15, 0.2) is 54.6 Å². The third-order valence-corrected chi connectivity index (χ3v) is 2.83. The van der Waals surface area contributed by atoms with Crippen LogP contribution in [0.5, 0.6) is 5.75 Å². The van der Waals surface area contributed by atoms with E-state index in [4.69, 9.17) is 10.5 Å². The molecule has 2 aromatic rings. The molecule has 3 N–H and O–H groups in total. The van der Waals surface area contributed by atoms with Crippen molar-refractivity contribution in [3.8, 4) is 5.75 Å². The van der Waals surface area contributed by atoms with E-state index in [2.05, 4.69) is 5.32 Å². The molecule has 4 heteroatoms. The Balaban J connectivity index is 1.85. The summed E-state index contributed by atoms with van der Waals surface area (Å²) in [6.45, 7) is 1.90. The largest absolute Gasteiger partial charge is 0.484 e. The average molecular weight is 270 g/mol. The third-order valence-electron chi connectivity index (χ3n) is 2.83. The van der Waals surface area contributed by atoms with Crippen LogP contribution in [0.2, 0.25) is 0 Å². The summed E-state index contributed by atoms with van der Waals surface area (Å²) < 4.78 is 5.37. The Kier molecular flexibility index (Phi) is 4.74. The van der Waals surface area contributed by atoms with Crippen LogP contribution in [0.1, 0.15) is 18.5 Å². The predicted molar refractivity (Wildman–Crippen MR) is 79.6 cm³/mol.